The van der Waals surface area contributed by atoms with Crippen LogP contribution < -0.4 is 10.6 Å². The van der Waals surface area contributed by atoms with Crippen molar-refractivity contribution >= 4 is 11.8 Å². The van der Waals surface area contributed by atoms with Gasteiger partial charge in [-0.25, -0.2) is 0 Å². The lowest BCUT2D eigenvalue weighted by Crippen LogP contribution is -2.99. The van der Waals surface area contributed by atoms with Crippen molar-refractivity contribution in [2.75, 3.05) is 34.4 Å². The Labute approximate surface area is 239 Å². The summed E-state index contributed by atoms with van der Waals surface area (Å²) in [4.78, 5) is 29.5. The minimum Gasteiger partial charge on any atom is -0.381 e. The van der Waals surface area contributed by atoms with Gasteiger partial charge in [0.15, 0.2) is 0 Å². The van der Waals surface area contributed by atoms with Crippen molar-refractivity contribution in [3.8, 4) is 0 Å². The molecule has 6 aliphatic rings. The monoisotopic (exact) mass is 562 g/mol. The molecule has 0 bridgehead atoms. The van der Waals surface area contributed by atoms with Crippen LogP contribution in [0.3, 0.4) is 0 Å². The van der Waals surface area contributed by atoms with Gasteiger partial charge in [-0.3, -0.25) is 9.59 Å². The second-order valence-corrected chi connectivity index (χ2v) is 13.6. The molecule has 6 fully saturated rings. The number of methoxy groups -OCH3 is 3. The van der Waals surface area contributed by atoms with E-state index in [1.165, 1.54) is 0 Å². The molecule has 0 spiro atoms. The Kier molecular flexibility index (Phi) is 8.76. The third kappa shape index (κ3) is 5.12. The first-order valence-corrected chi connectivity index (χ1v) is 16.1. The fourth-order valence-corrected chi connectivity index (χ4v) is 10.0. The molecule has 2 amide bonds. The number of ether oxygens (including phenoxy) is 4. The summed E-state index contributed by atoms with van der Waals surface area (Å²) in [5, 5.41) is 5.70. The van der Waals surface area contributed by atoms with Crippen molar-refractivity contribution in [3.63, 3.8) is 0 Å². The fourth-order valence-electron chi connectivity index (χ4n) is 10.0. The van der Waals surface area contributed by atoms with Gasteiger partial charge in [0.2, 0.25) is 11.8 Å². The lowest BCUT2D eigenvalue weighted by Gasteiger charge is -2.53. The smallest absolute Gasteiger partial charge is 0.248 e. The zero-order valence-electron chi connectivity index (χ0n) is 25.0. The van der Waals surface area contributed by atoms with Crippen molar-refractivity contribution in [2.45, 2.75) is 120 Å². The highest BCUT2D eigenvalue weighted by atomic mass is 16.5. The number of quaternary nitrogens is 1. The minimum atomic E-state index is -0.460. The molecule has 3 N–H and O–H groups in total. The molecule has 0 aromatic carbocycles. The zero-order valence-corrected chi connectivity index (χ0v) is 25.0. The van der Waals surface area contributed by atoms with Crippen LogP contribution in [0.4, 0.5) is 0 Å². The second-order valence-electron chi connectivity index (χ2n) is 13.6. The van der Waals surface area contributed by atoms with Gasteiger partial charge in [-0.2, -0.15) is 0 Å². The first-order chi connectivity index (χ1) is 19.4. The molecule has 3 heterocycles. The Hall–Kier alpha value is -1.26. The van der Waals surface area contributed by atoms with Crippen LogP contribution in [0.15, 0.2) is 0 Å². The van der Waals surface area contributed by atoms with E-state index in [0.29, 0.717) is 54.3 Å². The van der Waals surface area contributed by atoms with E-state index in [1.807, 2.05) is 6.92 Å². The third-order valence-corrected chi connectivity index (χ3v) is 11.8. The Bertz CT molecular complexity index is 920. The summed E-state index contributed by atoms with van der Waals surface area (Å²) >= 11 is 0. The van der Waals surface area contributed by atoms with Gasteiger partial charge in [-0.1, -0.05) is 6.42 Å². The second kappa shape index (κ2) is 12.2. The van der Waals surface area contributed by atoms with E-state index in [4.69, 9.17) is 18.9 Å². The molecule has 6 rings (SSSR count). The van der Waals surface area contributed by atoms with Crippen LogP contribution in [0.1, 0.15) is 71.1 Å². The summed E-state index contributed by atoms with van der Waals surface area (Å²) in [5.74, 6) is 2.00. The summed E-state index contributed by atoms with van der Waals surface area (Å²) in [5.41, 5.74) is 0. The summed E-state index contributed by atoms with van der Waals surface area (Å²) < 4.78 is 23.7. The molecular weight excluding hydrogens is 510 g/mol. The van der Waals surface area contributed by atoms with Gasteiger partial charge in [0.25, 0.3) is 0 Å². The summed E-state index contributed by atoms with van der Waals surface area (Å²) in [6.07, 6.45) is 10.2. The quantitative estimate of drug-likeness (QED) is 0.465. The number of piperidine rings is 2. The Balaban J connectivity index is 1.09. The zero-order chi connectivity index (χ0) is 28.0. The Morgan fingerprint density at radius 2 is 1.80 bits per heavy atom. The molecule has 3 saturated heterocycles. The molecule has 3 aliphatic heterocycles. The molecule has 9 heteroatoms. The van der Waals surface area contributed by atoms with Crippen LogP contribution in [0.25, 0.3) is 0 Å². The third-order valence-electron chi connectivity index (χ3n) is 11.8. The van der Waals surface area contributed by atoms with E-state index < -0.39 is 6.10 Å². The molecular formula is C31H52N3O6+. The topological polar surface area (TPSA) is 103 Å². The number of hydrogen-bond acceptors (Lipinski definition) is 6. The van der Waals surface area contributed by atoms with Crippen LogP contribution in [0, 0.1) is 29.6 Å². The SMILES string of the molecule is COC1CCCC(CNC(=O)[C@H](C)OC2CCC3C(C2)C2CC[NH2+]C4C5CCC(OC)C(OC)C5C(=O)N3C24)C1. The number of carbonyl (C=O) groups excluding carboxylic acids is 2. The highest BCUT2D eigenvalue weighted by Crippen LogP contribution is 2.53. The maximum atomic E-state index is 14.2. The van der Waals surface area contributed by atoms with Gasteiger partial charge in [0.1, 0.15) is 12.1 Å². The van der Waals surface area contributed by atoms with Crippen molar-refractivity contribution < 1.29 is 33.9 Å². The Morgan fingerprint density at radius 3 is 2.58 bits per heavy atom. The number of fused-ring (bicyclic) bond motifs is 5. The van der Waals surface area contributed by atoms with E-state index in [9.17, 15) is 9.59 Å². The van der Waals surface area contributed by atoms with E-state index in [0.717, 1.165) is 70.8 Å². The number of amides is 2. The van der Waals surface area contributed by atoms with E-state index in [1.54, 1.807) is 21.3 Å². The molecule has 13 atom stereocenters. The van der Waals surface area contributed by atoms with Crippen LogP contribution in [-0.4, -0.2) is 99.8 Å². The average molecular weight is 563 g/mol. The highest BCUT2D eigenvalue weighted by Gasteiger charge is 2.66. The van der Waals surface area contributed by atoms with Crippen LogP contribution in [0.5, 0.6) is 0 Å². The van der Waals surface area contributed by atoms with E-state index in [-0.39, 0.29) is 36.2 Å². The van der Waals surface area contributed by atoms with E-state index >= 15 is 0 Å². The van der Waals surface area contributed by atoms with Crippen molar-refractivity contribution in [1.29, 1.82) is 0 Å². The molecule has 3 aliphatic carbocycles. The lowest BCUT2D eigenvalue weighted by molar-refractivity contribution is -0.713. The largest absolute Gasteiger partial charge is 0.381 e. The standard InChI is InChI=1S/C31H51N3O6/c1-17(30(35)33-16-18-6-5-7-19(14-18)37-2)40-20-8-10-24-23(15-20)21-12-13-32-27-22-9-11-25(38-3)29(39-4)26(22)31(36)34(24)28(21)27/h17-29,32H,5-16H2,1-4H3,(H,33,35)/p+1/t17-,18?,19?,20?,21?,22?,23?,24?,25?,26?,27?,28?,29?/m0/s1. The van der Waals surface area contributed by atoms with Gasteiger partial charge in [0.05, 0.1) is 42.9 Å². The summed E-state index contributed by atoms with van der Waals surface area (Å²) in [6.45, 7) is 3.73. The van der Waals surface area contributed by atoms with Gasteiger partial charge < -0.3 is 34.5 Å². The maximum absolute atomic E-state index is 14.2. The maximum Gasteiger partial charge on any atom is 0.248 e. The molecule has 9 nitrogen and oxygen atoms in total. The van der Waals surface area contributed by atoms with Crippen molar-refractivity contribution in [2.24, 2.45) is 29.6 Å². The predicted octanol–water partition coefficient (Wildman–Crippen LogP) is 1.48. The number of nitrogens with zero attached hydrogens (tertiary/aromatic N) is 1. The van der Waals surface area contributed by atoms with Gasteiger partial charge in [0, 0.05) is 46.3 Å². The molecule has 12 unspecified atom stereocenters. The van der Waals surface area contributed by atoms with Crippen LogP contribution >= 0.6 is 0 Å². The van der Waals surface area contributed by atoms with Crippen LogP contribution in [-0.2, 0) is 28.5 Å². The molecule has 0 radical (unpaired) electrons. The number of rotatable bonds is 8. The number of nitrogens with one attached hydrogen (secondary N) is 1. The average Bonchev–Trinajstić information content (AvgIpc) is 3.32. The first kappa shape index (κ1) is 28.8. The van der Waals surface area contributed by atoms with Gasteiger partial charge in [-0.15, -0.1) is 0 Å². The molecule has 3 saturated carbocycles. The molecule has 0 aromatic heterocycles. The highest BCUT2D eigenvalue weighted by molar-refractivity contribution is 5.82. The molecule has 0 aromatic rings. The molecule has 226 valence electrons. The lowest BCUT2D eigenvalue weighted by atomic mass is 9.64. The van der Waals surface area contributed by atoms with Crippen molar-refractivity contribution in [1.82, 2.24) is 10.2 Å². The minimum absolute atomic E-state index is 0.00427. The first-order valence-electron chi connectivity index (χ1n) is 16.1. The predicted molar refractivity (Wildman–Crippen MR) is 148 cm³/mol. The van der Waals surface area contributed by atoms with E-state index in [2.05, 4.69) is 15.5 Å². The van der Waals surface area contributed by atoms with Crippen LogP contribution in [0.2, 0.25) is 0 Å². The van der Waals surface area contributed by atoms with Gasteiger partial charge in [-0.05, 0) is 76.0 Å². The fraction of sp³-hybridized carbons (Fsp3) is 0.935. The molecule has 40 heavy (non-hydrogen) atoms. The normalized spacial score (nSPS) is 45.3. The summed E-state index contributed by atoms with van der Waals surface area (Å²) in [7, 11) is 5.27. The Morgan fingerprint density at radius 1 is 0.950 bits per heavy atom. The number of carbonyl (C=O) groups is 2. The van der Waals surface area contributed by atoms with Crippen molar-refractivity contribution in [3.05, 3.63) is 0 Å². The number of hydrogen-bond donors (Lipinski definition) is 2. The van der Waals surface area contributed by atoms with Gasteiger partial charge >= 0.3 is 0 Å². The summed E-state index contributed by atoms with van der Waals surface area (Å²) in [6, 6.07) is 1.05. The number of nitrogens with two attached hydrogens (primary N) is 1.